The van der Waals surface area contributed by atoms with Gasteiger partial charge in [-0.25, -0.2) is 0 Å². The number of carbonyl (C=O) groups is 2. The second kappa shape index (κ2) is 4.08. The largest absolute Gasteiger partial charge is 0.344 e. The Bertz CT molecular complexity index is 508. The summed E-state index contributed by atoms with van der Waals surface area (Å²) in [5.41, 5.74) is 1.63. The predicted molar refractivity (Wildman–Crippen MR) is 68.7 cm³/mol. The predicted octanol–water partition coefficient (Wildman–Crippen LogP) is 0.447. The van der Waals surface area contributed by atoms with Crippen LogP contribution in [-0.4, -0.2) is 58.5 Å². The minimum Gasteiger partial charge on any atom is -0.344 e. The number of carbonyl (C=O) groups excluding carboxylic acids is 2. The number of aromatic nitrogens is 2. The summed E-state index contributed by atoms with van der Waals surface area (Å²) < 4.78 is 0. The van der Waals surface area contributed by atoms with Crippen molar-refractivity contribution in [3.8, 4) is 0 Å². The van der Waals surface area contributed by atoms with Crippen LogP contribution in [0.5, 0.6) is 0 Å². The molecule has 6 nitrogen and oxygen atoms in total. The first kappa shape index (κ1) is 12.2. The van der Waals surface area contributed by atoms with Crippen molar-refractivity contribution in [2.24, 2.45) is 5.41 Å². The fourth-order valence-corrected chi connectivity index (χ4v) is 2.90. The molecule has 0 atom stereocenters. The molecule has 2 saturated heterocycles. The molecular weight excluding hydrogens is 244 g/mol. The molecule has 1 spiro atoms. The summed E-state index contributed by atoms with van der Waals surface area (Å²) >= 11 is 0. The van der Waals surface area contributed by atoms with Crippen LogP contribution in [0.3, 0.4) is 0 Å². The third-order valence-electron chi connectivity index (χ3n) is 4.00. The van der Waals surface area contributed by atoms with Crippen LogP contribution >= 0.6 is 0 Å². The van der Waals surface area contributed by atoms with Crippen molar-refractivity contribution < 1.29 is 9.59 Å². The van der Waals surface area contributed by atoms with Crippen LogP contribution in [0.1, 0.15) is 35.9 Å². The molecule has 3 rings (SSSR count). The van der Waals surface area contributed by atoms with Gasteiger partial charge in [0, 0.05) is 37.3 Å². The molecule has 3 heterocycles. The third-order valence-corrected chi connectivity index (χ3v) is 4.00. The molecule has 102 valence electrons. The number of H-pyrrole nitrogens is 1. The smallest absolute Gasteiger partial charge is 0.274 e. The molecule has 0 aliphatic carbocycles. The average molecular weight is 262 g/mol. The van der Waals surface area contributed by atoms with Crippen molar-refractivity contribution in [1.82, 2.24) is 20.0 Å². The van der Waals surface area contributed by atoms with Crippen molar-refractivity contribution in [3.05, 3.63) is 17.5 Å². The molecule has 1 aromatic rings. The second-order valence-electron chi connectivity index (χ2n) is 6.03. The Balaban J connectivity index is 1.59. The maximum Gasteiger partial charge on any atom is 0.274 e. The molecule has 0 saturated carbocycles. The molecule has 0 aromatic carbocycles. The zero-order valence-electron chi connectivity index (χ0n) is 11.2. The van der Waals surface area contributed by atoms with Gasteiger partial charge in [-0.15, -0.1) is 0 Å². The van der Waals surface area contributed by atoms with E-state index >= 15 is 0 Å². The number of amides is 2. The maximum absolute atomic E-state index is 12.2. The first-order valence-electron chi connectivity index (χ1n) is 6.57. The van der Waals surface area contributed by atoms with Gasteiger partial charge >= 0.3 is 0 Å². The van der Waals surface area contributed by atoms with Crippen molar-refractivity contribution in [2.75, 3.05) is 26.2 Å². The third kappa shape index (κ3) is 1.91. The number of nitrogens with zero attached hydrogens (tertiary/aromatic N) is 3. The van der Waals surface area contributed by atoms with Gasteiger partial charge in [0.05, 0.1) is 0 Å². The molecule has 2 aliphatic rings. The molecule has 1 N–H and O–H groups in total. The van der Waals surface area contributed by atoms with E-state index in [9.17, 15) is 9.59 Å². The number of nitrogens with one attached hydrogen (secondary N) is 1. The topological polar surface area (TPSA) is 69.3 Å². The molecule has 19 heavy (non-hydrogen) atoms. The van der Waals surface area contributed by atoms with E-state index in [0.29, 0.717) is 11.6 Å². The van der Waals surface area contributed by atoms with Crippen LogP contribution in [-0.2, 0) is 4.79 Å². The Labute approximate surface area is 111 Å². The van der Waals surface area contributed by atoms with E-state index in [1.54, 1.807) is 4.90 Å². The number of rotatable bonds is 3. The van der Waals surface area contributed by atoms with Gasteiger partial charge in [-0.1, -0.05) is 13.8 Å². The van der Waals surface area contributed by atoms with Gasteiger partial charge in [-0.3, -0.25) is 14.7 Å². The standard InChI is InChI=1S/C13H18N4O2/c1-9(2)10-3-11(15-14-10)12(19)17-6-13(7-17)4-16(5-13)8-18/h3,8-9H,4-7H2,1-2H3,(H,14,15). The second-order valence-corrected chi connectivity index (χ2v) is 6.03. The number of aromatic amines is 1. The van der Waals surface area contributed by atoms with E-state index in [-0.39, 0.29) is 11.3 Å². The van der Waals surface area contributed by atoms with Gasteiger partial charge in [0.2, 0.25) is 6.41 Å². The Morgan fingerprint density at radius 2 is 2.11 bits per heavy atom. The molecule has 2 aliphatic heterocycles. The van der Waals surface area contributed by atoms with Crippen LogP contribution in [0.15, 0.2) is 6.07 Å². The zero-order chi connectivity index (χ0) is 13.6. The Morgan fingerprint density at radius 3 is 2.63 bits per heavy atom. The fourth-order valence-electron chi connectivity index (χ4n) is 2.90. The van der Waals surface area contributed by atoms with Crippen LogP contribution in [0, 0.1) is 5.41 Å². The minimum atomic E-state index is -0.0154. The zero-order valence-corrected chi connectivity index (χ0v) is 11.2. The highest BCUT2D eigenvalue weighted by molar-refractivity contribution is 5.93. The average Bonchev–Trinajstić information content (AvgIpc) is 2.74. The number of hydrogen-bond acceptors (Lipinski definition) is 3. The van der Waals surface area contributed by atoms with Gasteiger partial charge in [-0.2, -0.15) is 5.10 Å². The van der Waals surface area contributed by atoms with Gasteiger partial charge < -0.3 is 9.80 Å². The quantitative estimate of drug-likeness (QED) is 0.804. The van der Waals surface area contributed by atoms with Gasteiger partial charge in [0.1, 0.15) is 5.69 Å². The summed E-state index contributed by atoms with van der Waals surface area (Å²) in [6.45, 7) is 7.14. The lowest BCUT2D eigenvalue weighted by atomic mass is 9.73. The molecule has 0 unspecified atom stereocenters. The molecule has 0 bridgehead atoms. The molecule has 6 heteroatoms. The molecule has 0 radical (unpaired) electrons. The lowest BCUT2D eigenvalue weighted by molar-refractivity contribution is -0.141. The summed E-state index contributed by atoms with van der Waals surface area (Å²) in [6, 6.07) is 1.83. The van der Waals surface area contributed by atoms with Crippen LogP contribution in [0.2, 0.25) is 0 Å². The van der Waals surface area contributed by atoms with E-state index < -0.39 is 0 Å². The van der Waals surface area contributed by atoms with E-state index in [1.165, 1.54) is 0 Å². The fraction of sp³-hybridized carbons (Fsp3) is 0.615. The lowest BCUT2D eigenvalue weighted by Gasteiger charge is -2.59. The van der Waals surface area contributed by atoms with E-state index in [1.807, 2.05) is 11.0 Å². The normalized spacial score (nSPS) is 20.4. The van der Waals surface area contributed by atoms with E-state index in [0.717, 1.165) is 38.3 Å². The van der Waals surface area contributed by atoms with Crippen LogP contribution in [0.4, 0.5) is 0 Å². The first-order valence-corrected chi connectivity index (χ1v) is 6.57. The summed E-state index contributed by atoms with van der Waals surface area (Å²) in [6.07, 6.45) is 0.873. The van der Waals surface area contributed by atoms with Gasteiger partial charge in [0.15, 0.2) is 0 Å². The van der Waals surface area contributed by atoms with Crippen molar-refractivity contribution in [3.63, 3.8) is 0 Å². The minimum absolute atomic E-state index is 0.0154. The van der Waals surface area contributed by atoms with Crippen molar-refractivity contribution >= 4 is 12.3 Å². The Morgan fingerprint density at radius 1 is 1.42 bits per heavy atom. The molecule has 1 aromatic heterocycles. The van der Waals surface area contributed by atoms with E-state index in [2.05, 4.69) is 24.0 Å². The van der Waals surface area contributed by atoms with Crippen molar-refractivity contribution in [1.29, 1.82) is 0 Å². The summed E-state index contributed by atoms with van der Waals surface area (Å²) in [5.74, 6) is 0.322. The van der Waals surface area contributed by atoms with Crippen LogP contribution < -0.4 is 0 Å². The highest BCUT2D eigenvalue weighted by Crippen LogP contribution is 2.39. The molecule has 2 amide bonds. The summed E-state index contributed by atoms with van der Waals surface area (Å²) in [4.78, 5) is 26.3. The highest BCUT2D eigenvalue weighted by Gasteiger charge is 2.53. The molecule has 2 fully saturated rings. The SMILES string of the molecule is CC(C)c1cc(C(=O)N2CC3(CN(C=O)C3)C2)n[nH]1. The first-order chi connectivity index (χ1) is 9.03. The Hall–Kier alpha value is -1.85. The summed E-state index contributed by atoms with van der Waals surface area (Å²) in [5, 5.41) is 6.98. The highest BCUT2D eigenvalue weighted by atomic mass is 16.2. The molecular formula is C13H18N4O2. The monoisotopic (exact) mass is 262 g/mol. The van der Waals surface area contributed by atoms with Gasteiger partial charge in [-0.05, 0) is 12.0 Å². The lowest BCUT2D eigenvalue weighted by Crippen LogP contribution is -2.72. The number of likely N-dealkylation sites (tertiary alicyclic amines) is 2. The number of hydrogen-bond donors (Lipinski definition) is 1. The maximum atomic E-state index is 12.2. The summed E-state index contributed by atoms with van der Waals surface area (Å²) in [7, 11) is 0. The van der Waals surface area contributed by atoms with Crippen LogP contribution in [0.25, 0.3) is 0 Å². The van der Waals surface area contributed by atoms with E-state index in [4.69, 9.17) is 0 Å². The van der Waals surface area contributed by atoms with Gasteiger partial charge in [0.25, 0.3) is 5.91 Å². The van der Waals surface area contributed by atoms with Crippen molar-refractivity contribution in [2.45, 2.75) is 19.8 Å². The Kier molecular flexibility index (Phi) is 2.62.